The summed E-state index contributed by atoms with van der Waals surface area (Å²) in [6, 6.07) is 10.4. The molecule has 0 N–H and O–H groups in total. The van der Waals surface area contributed by atoms with Gasteiger partial charge in [0.25, 0.3) is 5.91 Å². The van der Waals surface area contributed by atoms with Crippen LogP contribution in [0.1, 0.15) is 23.0 Å². The van der Waals surface area contributed by atoms with Gasteiger partial charge in [0.15, 0.2) is 5.76 Å². The molecular weight excluding hydrogens is 318 g/mol. The van der Waals surface area contributed by atoms with Gasteiger partial charge in [0.1, 0.15) is 0 Å². The first-order chi connectivity index (χ1) is 11.0. The molecular formula is C17H18ClNO4. The molecule has 1 aromatic carbocycles. The number of hydrogen-bond donors (Lipinski definition) is 0. The highest BCUT2D eigenvalue weighted by atomic mass is 35.5. The van der Waals surface area contributed by atoms with Crippen molar-refractivity contribution in [1.82, 2.24) is 4.90 Å². The number of methoxy groups -OCH3 is 1. The molecule has 2 rings (SSSR count). The molecule has 0 aliphatic carbocycles. The summed E-state index contributed by atoms with van der Waals surface area (Å²) in [5.41, 5.74) is 0.909. The van der Waals surface area contributed by atoms with Crippen molar-refractivity contribution in [3.63, 3.8) is 0 Å². The van der Waals surface area contributed by atoms with Crippen LogP contribution in [-0.2, 0) is 16.1 Å². The van der Waals surface area contributed by atoms with Gasteiger partial charge >= 0.3 is 5.97 Å². The van der Waals surface area contributed by atoms with Gasteiger partial charge in [-0.1, -0.05) is 30.7 Å². The normalized spacial score (nSPS) is 11.8. The lowest BCUT2D eigenvalue weighted by atomic mass is 10.1. The van der Waals surface area contributed by atoms with E-state index < -0.39 is 5.92 Å². The van der Waals surface area contributed by atoms with E-state index in [4.69, 9.17) is 20.8 Å². The molecule has 0 saturated carbocycles. The quantitative estimate of drug-likeness (QED) is 0.759. The third kappa shape index (κ3) is 4.60. The van der Waals surface area contributed by atoms with Crippen molar-refractivity contribution in [3.05, 3.63) is 59.0 Å². The van der Waals surface area contributed by atoms with Gasteiger partial charge in [0.05, 0.1) is 19.3 Å². The van der Waals surface area contributed by atoms with Crippen LogP contribution in [0.3, 0.4) is 0 Å². The summed E-state index contributed by atoms with van der Waals surface area (Å²) in [5, 5.41) is 0.626. The fourth-order valence-electron chi connectivity index (χ4n) is 2.19. The Morgan fingerprint density at radius 3 is 2.52 bits per heavy atom. The smallest absolute Gasteiger partial charge is 0.310 e. The van der Waals surface area contributed by atoms with Crippen LogP contribution in [0.5, 0.6) is 0 Å². The van der Waals surface area contributed by atoms with Crippen LogP contribution < -0.4 is 0 Å². The highest BCUT2D eigenvalue weighted by molar-refractivity contribution is 6.30. The number of nitrogens with zero attached hydrogens (tertiary/aromatic N) is 1. The molecule has 0 spiro atoms. The number of rotatable bonds is 6. The highest BCUT2D eigenvalue weighted by Gasteiger charge is 2.24. The Morgan fingerprint density at radius 1 is 1.26 bits per heavy atom. The number of carbonyl (C=O) groups excluding carboxylic acids is 2. The van der Waals surface area contributed by atoms with E-state index >= 15 is 0 Å². The van der Waals surface area contributed by atoms with Crippen molar-refractivity contribution in [2.75, 3.05) is 13.7 Å². The van der Waals surface area contributed by atoms with Gasteiger partial charge in [-0.3, -0.25) is 9.59 Å². The minimum atomic E-state index is -0.439. The van der Waals surface area contributed by atoms with Crippen LogP contribution in [0.4, 0.5) is 0 Å². The molecule has 23 heavy (non-hydrogen) atoms. The Kier molecular flexibility index (Phi) is 5.82. The summed E-state index contributed by atoms with van der Waals surface area (Å²) >= 11 is 5.88. The predicted molar refractivity (Wildman–Crippen MR) is 86.1 cm³/mol. The Bertz CT molecular complexity index is 652. The first-order valence-electron chi connectivity index (χ1n) is 7.16. The van der Waals surface area contributed by atoms with Crippen molar-refractivity contribution in [1.29, 1.82) is 0 Å². The largest absolute Gasteiger partial charge is 0.469 e. The number of carbonyl (C=O) groups is 2. The lowest BCUT2D eigenvalue weighted by Crippen LogP contribution is -2.36. The molecule has 1 atom stereocenters. The summed E-state index contributed by atoms with van der Waals surface area (Å²) in [4.78, 5) is 25.8. The Labute approximate surface area is 139 Å². The molecule has 0 fully saturated rings. The average molecular weight is 336 g/mol. The Balaban J connectivity index is 2.18. The number of furan rings is 1. The lowest BCUT2D eigenvalue weighted by Gasteiger charge is -2.24. The fraction of sp³-hybridized carbons (Fsp3) is 0.294. The Hall–Kier alpha value is -2.27. The van der Waals surface area contributed by atoms with E-state index in [0.29, 0.717) is 11.6 Å². The van der Waals surface area contributed by atoms with Gasteiger partial charge in [-0.2, -0.15) is 0 Å². The van der Waals surface area contributed by atoms with Crippen molar-refractivity contribution >= 4 is 23.5 Å². The number of esters is 1. The molecule has 2 aromatic rings. The molecule has 0 radical (unpaired) electrons. The van der Waals surface area contributed by atoms with Gasteiger partial charge in [0, 0.05) is 18.1 Å². The highest BCUT2D eigenvalue weighted by Crippen LogP contribution is 2.16. The molecule has 1 aromatic heterocycles. The SMILES string of the molecule is COC(=O)C(C)CN(Cc1ccc(Cl)cc1)C(=O)c1ccco1. The molecule has 122 valence electrons. The monoisotopic (exact) mass is 335 g/mol. The molecule has 0 saturated heterocycles. The standard InChI is InChI=1S/C17H18ClNO4/c1-12(17(21)22-2)10-19(16(20)15-4-3-9-23-15)11-13-5-7-14(18)8-6-13/h3-9,12H,10-11H2,1-2H3. The summed E-state index contributed by atoms with van der Waals surface area (Å²) in [6.45, 7) is 2.29. The maximum absolute atomic E-state index is 12.6. The van der Waals surface area contributed by atoms with E-state index in [1.54, 1.807) is 36.1 Å². The lowest BCUT2D eigenvalue weighted by molar-refractivity contribution is -0.145. The number of benzene rings is 1. The van der Waals surface area contributed by atoms with Crippen molar-refractivity contribution in [2.24, 2.45) is 5.92 Å². The van der Waals surface area contributed by atoms with Gasteiger partial charge in [-0.15, -0.1) is 0 Å². The molecule has 0 aliphatic heterocycles. The van der Waals surface area contributed by atoms with Crippen molar-refractivity contribution in [3.8, 4) is 0 Å². The molecule has 0 aliphatic rings. The maximum Gasteiger partial charge on any atom is 0.310 e. The van der Waals surface area contributed by atoms with Crippen LogP contribution in [0.25, 0.3) is 0 Å². The van der Waals surface area contributed by atoms with Gasteiger partial charge in [0.2, 0.25) is 0 Å². The Morgan fingerprint density at radius 2 is 1.96 bits per heavy atom. The van der Waals surface area contributed by atoms with E-state index in [1.807, 2.05) is 12.1 Å². The van der Waals surface area contributed by atoms with Gasteiger partial charge in [-0.25, -0.2) is 0 Å². The molecule has 5 nitrogen and oxygen atoms in total. The van der Waals surface area contributed by atoms with E-state index in [0.717, 1.165) is 5.56 Å². The van der Waals surface area contributed by atoms with E-state index in [-0.39, 0.29) is 24.2 Å². The van der Waals surface area contributed by atoms with E-state index in [1.165, 1.54) is 13.4 Å². The summed E-state index contributed by atoms with van der Waals surface area (Å²) in [7, 11) is 1.33. The molecule has 1 heterocycles. The molecule has 1 amide bonds. The maximum atomic E-state index is 12.6. The van der Waals surface area contributed by atoms with Crippen LogP contribution in [0, 0.1) is 5.92 Å². The summed E-state index contributed by atoms with van der Waals surface area (Å²) in [6.07, 6.45) is 1.44. The van der Waals surface area contributed by atoms with Crippen LogP contribution >= 0.6 is 11.6 Å². The minimum absolute atomic E-state index is 0.231. The van der Waals surface area contributed by atoms with E-state index in [9.17, 15) is 9.59 Å². The first-order valence-corrected chi connectivity index (χ1v) is 7.54. The van der Waals surface area contributed by atoms with Gasteiger partial charge < -0.3 is 14.1 Å². The fourth-order valence-corrected chi connectivity index (χ4v) is 2.32. The first kappa shape index (κ1) is 17.1. The molecule has 0 bridgehead atoms. The van der Waals surface area contributed by atoms with Crippen LogP contribution in [0.15, 0.2) is 47.1 Å². The topological polar surface area (TPSA) is 59.8 Å². The van der Waals surface area contributed by atoms with E-state index in [2.05, 4.69) is 0 Å². The second kappa shape index (κ2) is 7.83. The molecule has 6 heteroatoms. The van der Waals surface area contributed by atoms with Crippen molar-refractivity contribution in [2.45, 2.75) is 13.5 Å². The number of ether oxygens (including phenoxy) is 1. The summed E-state index contributed by atoms with van der Waals surface area (Å²) < 4.78 is 9.90. The summed E-state index contributed by atoms with van der Waals surface area (Å²) in [5.74, 6) is -0.846. The van der Waals surface area contributed by atoms with Crippen LogP contribution in [0.2, 0.25) is 5.02 Å². The zero-order valence-electron chi connectivity index (χ0n) is 13.0. The number of halogens is 1. The van der Waals surface area contributed by atoms with Crippen LogP contribution in [-0.4, -0.2) is 30.4 Å². The number of amides is 1. The third-order valence-electron chi connectivity index (χ3n) is 3.40. The average Bonchev–Trinajstić information content (AvgIpc) is 3.09. The number of hydrogen-bond acceptors (Lipinski definition) is 4. The minimum Gasteiger partial charge on any atom is -0.469 e. The second-order valence-corrected chi connectivity index (χ2v) is 5.65. The zero-order valence-corrected chi connectivity index (χ0v) is 13.7. The molecule has 1 unspecified atom stereocenters. The predicted octanol–water partition coefficient (Wildman–Crippen LogP) is 3.38. The third-order valence-corrected chi connectivity index (χ3v) is 3.66. The van der Waals surface area contributed by atoms with Crippen molar-refractivity contribution < 1.29 is 18.7 Å². The van der Waals surface area contributed by atoms with Gasteiger partial charge in [-0.05, 0) is 29.8 Å². The zero-order chi connectivity index (χ0) is 16.8. The second-order valence-electron chi connectivity index (χ2n) is 5.21.